The van der Waals surface area contributed by atoms with Crippen LogP contribution >= 0.6 is 0 Å². The van der Waals surface area contributed by atoms with E-state index in [0.717, 1.165) is 34.6 Å². The molecule has 3 aromatic rings. The van der Waals surface area contributed by atoms with Crippen LogP contribution in [0.4, 0.5) is 11.4 Å². The number of benzene rings is 3. The van der Waals surface area contributed by atoms with Crippen LogP contribution in [-0.4, -0.2) is 26.7 Å². The summed E-state index contributed by atoms with van der Waals surface area (Å²) < 4.78 is 16.9. The summed E-state index contributed by atoms with van der Waals surface area (Å²) in [6.07, 6.45) is 0.906. The van der Waals surface area contributed by atoms with Gasteiger partial charge in [0.2, 0.25) is 5.75 Å². The third kappa shape index (κ3) is 3.05. The zero-order chi connectivity index (χ0) is 18.8. The summed E-state index contributed by atoms with van der Waals surface area (Å²) in [4.78, 5) is 4.83. The van der Waals surface area contributed by atoms with Gasteiger partial charge in [0.15, 0.2) is 11.5 Å². The normalized spacial score (nSPS) is 12.3. The van der Waals surface area contributed by atoms with Gasteiger partial charge in [-0.15, -0.1) is 0 Å². The molecule has 0 saturated carbocycles. The van der Waals surface area contributed by atoms with Crippen LogP contribution in [0.1, 0.15) is 18.9 Å². The van der Waals surface area contributed by atoms with Gasteiger partial charge < -0.3 is 19.5 Å². The van der Waals surface area contributed by atoms with Gasteiger partial charge in [0, 0.05) is 16.6 Å². The Bertz CT molecular complexity index is 997. The van der Waals surface area contributed by atoms with Crippen molar-refractivity contribution in [2.45, 2.75) is 13.3 Å². The van der Waals surface area contributed by atoms with Crippen molar-refractivity contribution in [2.24, 2.45) is 4.99 Å². The minimum Gasteiger partial charge on any atom is -0.493 e. The lowest BCUT2D eigenvalue weighted by atomic mass is 10.0. The number of hydrogen-bond acceptors (Lipinski definition) is 5. The fourth-order valence-corrected chi connectivity index (χ4v) is 3.29. The topological polar surface area (TPSA) is 52.1 Å². The lowest BCUT2D eigenvalue weighted by Gasteiger charge is -2.21. The number of rotatable bonds is 6. The van der Waals surface area contributed by atoms with Gasteiger partial charge in [-0.2, -0.15) is 0 Å². The molecule has 0 amide bonds. The molecule has 3 aromatic carbocycles. The first kappa shape index (κ1) is 17.2. The molecule has 1 N–H and O–H groups in total. The van der Waals surface area contributed by atoms with E-state index in [9.17, 15) is 0 Å². The van der Waals surface area contributed by atoms with E-state index in [1.54, 1.807) is 14.2 Å². The van der Waals surface area contributed by atoms with Crippen LogP contribution in [0.15, 0.2) is 53.5 Å². The highest BCUT2D eigenvalue weighted by Crippen LogP contribution is 2.41. The summed E-state index contributed by atoms with van der Waals surface area (Å²) in [5, 5.41) is 5.74. The molecule has 5 nitrogen and oxygen atoms in total. The molecule has 27 heavy (non-hydrogen) atoms. The SMILES string of the molecule is CCCOc1c(OC)cc(C2=Nc3cccc4cccc(c34)N2)cc1OC. The fraction of sp³-hybridized carbons (Fsp3) is 0.227. The summed E-state index contributed by atoms with van der Waals surface area (Å²) >= 11 is 0. The summed E-state index contributed by atoms with van der Waals surface area (Å²) in [7, 11) is 3.26. The van der Waals surface area contributed by atoms with Gasteiger partial charge in [-0.1, -0.05) is 31.2 Å². The van der Waals surface area contributed by atoms with E-state index in [1.807, 2.05) is 30.3 Å². The molecule has 1 heterocycles. The van der Waals surface area contributed by atoms with E-state index in [-0.39, 0.29) is 0 Å². The largest absolute Gasteiger partial charge is 0.493 e. The summed E-state index contributed by atoms with van der Waals surface area (Å²) in [5.41, 5.74) is 2.86. The maximum atomic E-state index is 5.83. The molecule has 0 radical (unpaired) electrons. The molecule has 5 heteroatoms. The molecular weight excluding hydrogens is 340 g/mol. The van der Waals surface area contributed by atoms with Crippen LogP contribution in [0.25, 0.3) is 10.8 Å². The zero-order valence-corrected chi connectivity index (χ0v) is 15.7. The Morgan fingerprint density at radius 2 is 1.67 bits per heavy atom. The van der Waals surface area contributed by atoms with Crippen molar-refractivity contribution < 1.29 is 14.2 Å². The second-order valence-electron chi connectivity index (χ2n) is 6.32. The number of amidine groups is 1. The van der Waals surface area contributed by atoms with Gasteiger partial charge in [-0.05, 0) is 36.1 Å². The van der Waals surface area contributed by atoms with Crippen LogP contribution in [0, 0.1) is 0 Å². The molecular formula is C22H22N2O3. The van der Waals surface area contributed by atoms with Crippen LogP contribution in [0.2, 0.25) is 0 Å². The number of nitrogens with zero attached hydrogens (tertiary/aromatic N) is 1. The molecule has 0 unspecified atom stereocenters. The molecule has 0 atom stereocenters. The Kier molecular flexibility index (Phi) is 4.59. The standard InChI is InChI=1S/C22H22N2O3/c1-4-11-27-21-18(25-2)12-15(13-19(21)26-3)22-23-16-9-5-7-14-8-6-10-17(24-22)20(14)16/h5-10,12-13H,4,11H2,1-3H3,(H,23,24). The van der Waals surface area contributed by atoms with Crippen molar-refractivity contribution in [1.29, 1.82) is 0 Å². The summed E-state index contributed by atoms with van der Waals surface area (Å²) in [6.45, 7) is 2.66. The summed E-state index contributed by atoms with van der Waals surface area (Å²) in [5.74, 6) is 2.61. The molecule has 0 bridgehead atoms. The van der Waals surface area contributed by atoms with E-state index in [2.05, 4.69) is 30.4 Å². The smallest absolute Gasteiger partial charge is 0.203 e. The van der Waals surface area contributed by atoms with Gasteiger partial charge in [0.05, 0.1) is 26.5 Å². The number of anilines is 1. The average molecular weight is 362 g/mol. The predicted molar refractivity (Wildman–Crippen MR) is 109 cm³/mol. The van der Waals surface area contributed by atoms with E-state index >= 15 is 0 Å². The van der Waals surface area contributed by atoms with Crippen molar-refractivity contribution >= 4 is 28.0 Å². The second kappa shape index (κ2) is 7.19. The third-order valence-electron chi connectivity index (χ3n) is 4.55. The van der Waals surface area contributed by atoms with Gasteiger partial charge in [-0.25, -0.2) is 4.99 Å². The highest BCUT2D eigenvalue weighted by molar-refractivity contribution is 6.19. The molecule has 138 valence electrons. The second-order valence-corrected chi connectivity index (χ2v) is 6.32. The predicted octanol–water partition coefficient (Wildman–Crippen LogP) is 5.15. The van der Waals surface area contributed by atoms with Crippen molar-refractivity contribution in [3.05, 3.63) is 54.1 Å². The Hall–Kier alpha value is -3.21. The lowest BCUT2D eigenvalue weighted by Crippen LogP contribution is -2.16. The summed E-state index contributed by atoms with van der Waals surface area (Å²) in [6, 6.07) is 16.2. The number of methoxy groups -OCH3 is 2. The number of nitrogens with one attached hydrogen (secondary N) is 1. The highest BCUT2D eigenvalue weighted by Gasteiger charge is 2.20. The van der Waals surface area contributed by atoms with Crippen molar-refractivity contribution in [3.8, 4) is 17.2 Å². The third-order valence-corrected chi connectivity index (χ3v) is 4.55. The monoisotopic (exact) mass is 362 g/mol. The van der Waals surface area contributed by atoms with E-state index in [4.69, 9.17) is 19.2 Å². The number of hydrogen-bond donors (Lipinski definition) is 1. The molecule has 0 fully saturated rings. The Labute approximate surface area is 158 Å². The van der Waals surface area contributed by atoms with Gasteiger partial charge in [0.25, 0.3) is 0 Å². The molecule has 1 aliphatic rings. The first-order valence-corrected chi connectivity index (χ1v) is 9.01. The van der Waals surface area contributed by atoms with Crippen LogP contribution in [0.5, 0.6) is 17.2 Å². The Balaban J connectivity index is 1.82. The van der Waals surface area contributed by atoms with Crippen molar-refractivity contribution in [2.75, 3.05) is 26.1 Å². The lowest BCUT2D eigenvalue weighted by molar-refractivity contribution is 0.275. The van der Waals surface area contributed by atoms with Crippen molar-refractivity contribution in [3.63, 3.8) is 0 Å². The first-order valence-electron chi connectivity index (χ1n) is 9.01. The van der Waals surface area contributed by atoms with Crippen LogP contribution in [0.3, 0.4) is 0 Å². The molecule has 0 saturated heterocycles. The minimum atomic E-state index is 0.598. The molecule has 0 spiro atoms. The molecule has 1 aliphatic heterocycles. The number of aliphatic imine (C=N–C) groups is 1. The minimum absolute atomic E-state index is 0.598. The molecule has 0 aliphatic carbocycles. The van der Waals surface area contributed by atoms with Crippen LogP contribution in [-0.2, 0) is 0 Å². The Morgan fingerprint density at radius 1 is 0.963 bits per heavy atom. The number of ether oxygens (including phenoxy) is 3. The quantitative estimate of drug-likeness (QED) is 0.659. The van der Waals surface area contributed by atoms with Gasteiger partial charge in [0.1, 0.15) is 5.84 Å². The van der Waals surface area contributed by atoms with E-state index in [1.165, 1.54) is 5.39 Å². The zero-order valence-electron chi connectivity index (χ0n) is 15.7. The van der Waals surface area contributed by atoms with E-state index < -0.39 is 0 Å². The highest BCUT2D eigenvalue weighted by atomic mass is 16.5. The maximum absolute atomic E-state index is 5.83. The maximum Gasteiger partial charge on any atom is 0.203 e. The first-order chi connectivity index (χ1) is 13.2. The van der Waals surface area contributed by atoms with Crippen LogP contribution < -0.4 is 19.5 Å². The molecule has 0 aromatic heterocycles. The van der Waals surface area contributed by atoms with E-state index in [0.29, 0.717) is 23.9 Å². The van der Waals surface area contributed by atoms with Crippen molar-refractivity contribution in [1.82, 2.24) is 0 Å². The average Bonchev–Trinajstić information content (AvgIpc) is 2.72. The Morgan fingerprint density at radius 3 is 2.33 bits per heavy atom. The molecule has 4 rings (SSSR count). The van der Waals surface area contributed by atoms with Gasteiger partial charge in [-0.3, -0.25) is 0 Å². The fourth-order valence-electron chi connectivity index (χ4n) is 3.29. The van der Waals surface area contributed by atoms with Gasteiger partial charge >= 0.3 is 0 Å².